The topological polar surface area (TPSA) is 132 Å². The van der Waals surface area contributed by atoms with Crippen LogP contribution in [0.3, 0.4) is 0 Å². The Morgan fingerprint density at radius 2 is 1.88 bits per heavy atom. The first-order chi connectivity index (χ1) is 20.9. The van der Waals surface area contributed by atoms with E-state index in [1.54, 1.807) is 25.3 Å². The van der Waals surface area contributed by atoms with E-state index in [1.165, 1.54) is 0 Å². The normalized spacial score (nSPS) is 19.8. The van der Waals surface area contributed by atoms with Gasteiger partial charge in [0.1, 0.15) is 17.4 Å². The van der Waals surface area contributed by atoms with Gasteiger partial charge in [-0.15, -0.1) is 0 Å². The summed E-state index contributed by atoms with van der Waals surface area (Å²) in [5.41, 5.74) is 6.45. The van der Waals surface area contributed by atoms with Gasteiger partial charge in [0.15, 0.2) is 11.5 Å². The van der Waals surface area contributed by atoms with Gasteiger partial charge in [0, 0.05) is 18.9 Å². The number of hydrogen-bond donors (Lipinski definition) is 3. The molecule has 0 saturated heterocycles. The average molecular weight is 582 g/mol. The lowest BCUT2D eigenvalue weighted by atomic mass is 10.0. The van der Waals surface area contributed by atoms with Crippen molar-refractivity contribution in [2.24, 2.45) is 0 Å². The van der Waals surface area contributed by atoms with Gasteiger partial charge in [-0.1, -0.05) is 12.1 Å². The molecule has 2 heterocycles. The number of benzene rings is 2. The van der Waals surface area contributed by atoms with Crippen LogP contribution in [0.2, 0.25) is 0 Å². The Morgan fingerprint density at radius 1 is 1.02 bits per heavy atom. The minimum atomic E-state index is -0.506. The van der Waals surface area contributed by atoms with E-state index in [1.807, 2.05) is 25.1 Å². The predicted molar refractivity (Wildman–Crippen MR) is 162 cm³/mol. The second-order valence-electron chi connectivity index (χ2n) is 11.6. The maximum atomic E-state index is 12.9. The van der Waals surface area contributed by atoms with E-state index in [-0.39, 0.29) is 18.1 Å². The number of nitrogens with zero attached hydrogens (tertiary/aromatic N) is 3. The van der Waals surface area contributed by atoms with Crippen molar-refractivity contribution in [1.82, 2.24) is 20.3 Å². The smallest absolute Gasteiger partial charge is 0.251 e. The molecule has 2 fully saturated rings. The molecule has 4 aromatic rings. The van der Waals surface area contributed by atoms with Crippen molar-refractivity contribution in [2.45, 2.75) is 76.5 Å². The first-order valence-corrected chi connectivity index (χ1v) is 15.0. The van der Waals surface area contributed by atoms with Crippen molar-refractivity contribution in [3.05, 3.63) is 70.7 Å². The van der Waals surface area contributed by atoms with Gasteiger partial charge in [-0.3, -0.25) is 4.79 Å². The average Bonchev–Trinajstić information content (AvgIpc) is 3.81. The third-order valence-electron chi connectivity index (χ3n) is 8.61. The summed E-state index contributed by atoms with van der Waals surface area (Å²) in [6.45, 7) is 1.85. The summed E-state index contributed by atoms with van der Waals surface area (Å²) in [5, 5.41) is 16.4. The number of carbonyl (C=O) groups excluding carboxylic acids is 1. The molecule has 10 heteroatoms. The number of ether oxygens (including phenoxy) is 2. The standard InChI is InChI=1S/C33H35N5O5/c1-18-34-25-13-10-19(16-29(25)42-18)22-12-15-26-30(22)32(43-21-6-3-4-7-21)38-33(37-26)36-24-14-11-20(17-28(24)41-2)31(40)35-23-8-5-9-27(23)39/h10-14,16-17,21,23,27,39H,3-9,15H2,1-2H3,(H,35,40)(H,36,37,38)/t23-,27+/m0/s1. The van der Waals surface area contributed by atoms with Crippen molar-refractivity contribution < 1.29 is 23.8 Å². The Morgan fingerprint density at radius 3 is 2.67 bits per heavy atom. The summed E-state index contributed by atoms with van der Waals surface area (Å²) < 4.78 is 18.0. The van der Waals surface area contributed by atoms with Crippen LogP contribution in [0, 0.1) is 6.92 Å². The molecular formula is C33H35N5O5. The molecule has 0 radical (unpaired) electrons. The SMILES string of the molecule is COc1cc(C(=O)N[C@H]2CCC[C@H]2O)ccc1Nc1nc2c(c(OC3CCCC3)n1)C(c1ccc3nc(C)oc3c1)=CC2. The monoisotopic (exact) mass is 581 g/mol. The van der Waals surface area contributed by atoms with Crippen LogP contribution in [-0.2, 0) is 6.42 Å². The van der Waals surface area contributed by atoms with Gasteiger partial charge >= 0.3 is 0 Å². The van der Waals surface area contributed by atoms with Crippen molar-refractivity contribution in [1.29, 1.82) is 0 Å². The zero-order valence-corrected chi connectivity index (χ0v) is 24.4. The number of aliphatic hydroxyl groups excluding tert-OH is 1. The molecule has 2 aromatic heterocycles. The third-order valence-corrected chi connectivity index (χ3v) is 8.61. The van der Waals surface area contributed by atoms with Crippen LogP contribution in [-0.4, -0.2) is 51.3 Å². The number of aryl methyl sites for hydroxylation is 1. The molecule has 3 aliphatic rings. The number of methoxy groups -OCH3 is 1. The second-order valence-corrected chi connectivity index (χ2v) is 11.6. The fourth-order valence-corrected chi connectivity index (χ4v) is 6.39. The van der Waals surface area contributed by atoms with Gasteiger partial charge in [-0.05, 0) is 86.4 Å². The van der Waals surface area contributed by atoms with E-state index in [9.17, 15) is 9.90 Å². The highest BCUT2D eigenvalue weighted by Gasteiger charge is 2.29. The Hall–Kier alpha value is -4.44. The Bertz CT molecular complexity index is 1720. The number of carbonyl (C=O) groups is 1. The molecule has 2 atom stereocenters. The lowest BCUT2D eigenvalue weighted by molar-refractivity contribution is 0.0873. The van der Waals surface area contributed by atoms with E-state index in [0.717, 1.165) is 72.0 Å². The molecule has 0 unspecified atom stereocenters. The van der Waals surface area contributed by atoms with Gasteiger partial charge < -0.3 is 29.6 Å². The number of fused-ring (bicyclic) bond motifs is 2. The van der Waals surface area contributed by atoms with Crippen LogP contribution < -0.4 is 20.1 Å². The number of amides is 1. The Kier molecular flexibility index (Phi) is 7.22. The number of allylic oxidation sites excluding steroid dienone is 1. The largest absolute Gasteiger partial charge is 0.495 e. The zero-order chi connectivity index (χ0) is 29.5. The highest BCUT2D eigenvalue weighted by molar-refractivity contribution is 5.96. The van der Waals surface area contributed by atoms with Gasteiger partial charge in [0.2, 0.25) is 11.8 Å². The van der Waals surface area contributed by atoms with Crippen LogP contribution >= 0.6 is 0 Å². The van der Waals surface area contributed by atoms with Crippen LogP contribution in [0.25, 0.3) is 16.7 Å². The molecule has 0 bridgehead atoms. The molecule has 222 valence electrons. The van der Waals surface area contributed by atoms with Crippen LogP contribution in [0.15, 0.2) is 46.9 Å². The molecule has 7 rings (SSSR count). The van der Waals surface area contributed by atoms with E-state index >= 15 is 0 Å². The van der Waals surface area contributed by atoms with E-state index in [2.05, 4.69) is 21.7 Å². The van der Waals surface area contributed by atoms with Crippen molar-refractivity contribution in [2.75, 3.05) is 12.4 Å². The number of nitrogens with one attached hydrogen (secondary N) is 2. The highest BCUT2D eigenvalue weighted by atomic mass is 16.5. The molecule has 2 aromatic carbocycles. The fourth-order valence-electron chi connectivity index (χ4n) is 6.39. The Balaban J connectivity index is 1.18. The molecular weight excluding hydrogens is 546 g/mol. The summed E-state index contributed by atoms with van der Waals surface area (Å²) >= 11 is 0. The summed E-state index contributed by atoms with van der Waals surface area (Å²) in [7, 11) is 1.56. The highest BCUT2D eigenvalue weighted by Crippen LogP contribution is 2.41. The molecule has 1 amide bonds. The van der Waals surface area contributed by atoms with Gasteiger partial charge in [-0.2, -0.15) is 4.98 Å². The van der Waals surface area contributed by atoms with Gasteiger partial charge in [0.05, 0.1) is 36.2 Å². The zero-order valence-electron chi connectivity index (χ0n) is 24.4. The van der Waals surface area contributed by atoms with Crippen LogP contribution in [0.5, 0.6) is 11.6 Å². The summed E-state index contributed by atoms with van der Waals surface area (Å²) in [4.78, 5) is 27.1. The fraction of sp³-hybridized carbons (Fsp3) is 0.394. The molecule has 10 nitrogen and oxygen atoms in total. The quantitative estimate of drug-likeness (QED) is 0.242. The third kappa shape index (κ3) is 5.43. The molecule has 3 aliphatic carbocycles. The first kappa shape index (κ1) is 27.4. The Labute approximate surface area is 249 Å². The molecule has 43 heavy (non-hydrogen) atoms. The lowest BCUT2D eigenvalue weighted by Crippen LogP contribution is -2.39. The second kappa shape index (κ2) is 11.3. The summed E-state index contributed by atoms with van der Waals surface area (Å²) in [6.07, 6.45) is 9.06. The minimum absolute atomic E-state index is 0.110. The minimum Gasteiger partial charge on any atom is -0.495 e. The molecule has 2 saturated carbocycles. The maximum absolute atomic E-state index is 12.9. The summed E-state index contributed by atoms with van der Waals surface area (Å²) in [5.74, 6) is 1.83. The van der Waals surface area contributed by atoms with Gasteiger partial charge in [-0.25, -0.2) is 9.97 Å². The molecule has 0 spiro atoms. The number of rotatable bonds is 8. The summed E-state index contributed by atoms with van der Waals surface area (Å²) in [6, 6.07) is 11.0. The molecule has 3 N–H and O–H groups in total. The molecule has 0 aliphatic heterocycles. The van der Waals surface area contributed by atoms with Crippen molar-refractivity contribution in [3.63, 3.8) is 0 Å². The number of aliphatic hydroxyl groups is 1. The van der Waals surface area contributed by atoms with Crippen LogP contribution in [0.1, 0.15) is 78.0 Å². The van der Waals surface area contributed by atoms with E-state index in [0.29, 0.717) is 47.6 Å². The van der Waals surface area contributed by atoms with Crippen molar-refractivity contribution >= 4 is 34.2 Å². The number of oxazole rings is 1. The number of anilines is 2. The number of aromatic nitrogens is 3. The predicted octanol–water partition coefficient (Wildman–Crippen LogP) is 5.63. The maximum Gasteiger partial charge on any atom is 0.251 e. The van der Waals surface area contributed by atoms with Crippen LogP contribution in [0.4, 0.5) is 11.6 Å². The van der Waals surface area contributed by atoms with Gasteiger partial charge in [0.25, 0.3) is 5.91 Å². The van der Waals surface area contributed by atoms with E-state index in [4.69, 9.17) is 23.9 Å². The van der Waals surface area contributed by atoms with Crippen molar-refractivity contribution in [3.8, 4) is 11.6 Å². The number of hydrogen-bond acceptors (Lipinski definition) is 9. The van der Waals surface area contributed by atoms with E-state index < -0.39 is 6.10 Å². The first-order valence-electron chi connectivity index (χ1n) is 15.0. The lowest BCUT2D eigenvalue weighted by Gasteiger charge is -2.19.